The molecule has 3 aliphatic heterocycles. The molecule has 0 radical (unpaired) electrons. The molecule has 18 atom stereocenters. The summed E-state index contributed by atoms with van der Waals surface area (Å²) in [6, 6.07) is -0.201. The maximum Gasteiger partial charge on any atom is 0.311 e. The van der Waals surface area contributed by atoms with Crippen LogP contribution in [0.4, 0.5) is 0 Å². The van der Waals surface area contributed by atoms with E-state index in [-0.39, 0.29) is 36.2 Å². The monoisotopic (exact) mass is 713 g/mol. The number of carbonyl (C=O) groups is 2. The minimum atomic E-state index is -0.986. The third-order valence-corrected chi connectivity index (χ3v) is 12.4. The molecule has 8 unspecified atom stereocenters. The van der Waals surface area contributed by atoms with E-state index in [1.165, 1.54) is 0 Å². The molecule has 4 aliphatic rings. The van der Waals surface area contributed by atoms with E-state index in [2.05, 4.69) is 0 Å². The molecule has 0 spiro atoms. The highest BCUT2D eigenvalue weighted by Crippen LogP contribution is 2.42. The Balaban J connectivity index is 1.76. The lowest BCUT2D eigenvalue weighted by molar-refractivity contribution is -0.309. The van der Waals surface area contributed by atoms with Crippen LogP contribution in [-0.4, -0.2) is 126 Å². The number of hydrogen-bond acceptors (Lipinski definition) is 12. The fraction of sp³-hybridized carbons (Fsp3) is 0.947. The lowest BCUT2D eigenvalue weighted by Crippen LogP contribution is -2.58. The second-order valence-corrected chi connectivity index (χ2v) is 16.8. The van der Waals surface area contributed by atoms with Gasteiger partial charge < -0.3 is 48.6 Å². The van der Waals surface area contributed by atoms with E-state index in [4.69, 9.17) is 28.4 Å². The van der Waals surface area contributed by atoms with Crippen molar-refractivity contribution < 1.29 is 53.3 Å². The Morgan fingerprint density at radius 1 is 0.820 bits per heavy atom. The molecule has 3 N–H and O–H groups in total. The average molecular weight is 714 g/mol. The Hall–Kier alpha value is -1.22. The van der Waals surface area contributed by atoms with E-state index in [9.17, 15) is 24.9 Å². The maximum absolute atomic E-state index is 14.2. The van der Waals surface area contributed by atoms with Crippen LogP contribution in [0.2, 0.25) is 0 Å². The van der Waals surface area contributed by atoms with Gasteiger partial charge in [0.15, 0.2) is 12.6 Å². The van der Waals surface area contributed by atoms with Crippen LogP contribution >= 0.6 is 0 Å². The van der Waals surface area contributed by atoms with E-state index < -0.39 is 96.5 Å². The van der Waals surface area contributed by atoms with Crippen molar-refractivity contribution in [3.8, 4) is 0 Å². The third-order valence-electron chi connectivity index (χ3n) is 12.4. The van der Waals surface area contributed by atoms with Crippen molar-refractivity contribution in [2.45, 2.75) is 167 Å². The normalized spacial score (nSPS) is 49.0. The second-order valence-electron chi connectivity index (χ2n) is 16.8. The van der Waals surface area contributed by atoms with Crippen LogP contribution in [-0.2, 0) is 38.0 Å². The van der Waals surface area contributed by atoms with Gasteiger partial charge in [0.1, 0.15) is 24.1 Å². The zero-order valence-electron chi connectivity index (χ0n) is 32.5. The van der Waals surface area contributed by atoms with E-state index in [0.29, 0.717) is 12.8 Å². The van der Waals surface area contributed by atoms with Crippen LogP contribution in [0.25, 0.3) is 0 Å². The summed E-state index contributed by atoms with van der Waals surface area (Å²) >= 11 is 0. The van der Waals surface area contributed by atoms with Crippen molar-refractivity contribution >= 4 is 11.8 Å². The van der Waals surface area contributed by atoms with E-state index in [1.807, 2.05) is 60.5 Å². The highest BCUT2D eigenvalue weighted by atomic mass is 16.7. The third kappa shape index (κ3) is 9.10. The summed E-state index contributed by atoms with van der Waals surface area (Å²) in [5.74, 6) is -3.45. The number of ether oxygens (including phenoxy) is 6. The first kappa shape index (κ1) is 41.5. The van der Waals surface area contributed by atoms with Gasteiger partial charge in [0, 0.05) is 43.2 Å². The van der Waals surface area contributed by atoms with Crippen LogP contribution in [0.1, 0.15) is 94.4 Å². The molecule has 0 amide bonds. The molecule has 1 aliphatic carbocycles. The van der Waals surface area contributed by atoms with Crippen molar-refractivity contribution in [3.05, 3.63) is 0 Å². The van der Waals surface area contributed by atoms with Crippen LogP contribution in [0, 0.1) is 41.4 Å². The molecule has 0 aromatic carbocycles. The Morgan fingerprint density at radius 3 is 2.04 bits per heavy atom. The first-order valence-corrected chi connectivity index (χ1v) is 18.9. The van der Waals surface area contributed by atoms with Gasteiger partial charge in [-0.15, -0.1) is 0 Å². The number of cyclic esters (lactones) is 1. The van der Waals surface area contributed by atoms with Gasteiger partial charge in [0.25, 0.3) is 0 Å². The second kappa shape index (κ2) is 16.8. The number of aliphatic hydroxyl groups excluding tert-OH is 3. The highest BCUT2D eigenvalue weighted by molar-refractivity contribution is 5.83. The van der Waals surface area contributed by atoms with Gasteiger partial charge in [0.2, 0.25) is 0 Å². The molecule has 0 bridgehead atoms. The zero-order valence-corrected chi connectivity index (χ0v) is 32.5. The standard InChI is InChI=1S/C38H67NO11/c1-18-15-19(2)32(50-37-31(42)27(39(10)11)16-20(3)46-37)23(6)33(48-28-17-38(9,45-12)35(43)25(8)47-28)24(7)36(44)49-34(26-13-14-26)22(5)30(41)21(4)29(18)40/h18-28,30-35,37,41-43H,13-17H2,1-12H3/t18-,19+,20?,21+,22-,23+,24-,25?,27?,28?,30-,31?,32+,33+,34+,35?,37?,38?/m1/s1. The summed E-state index contributed by atoms with van der Waals surface area (Å²) in [4.78, 5) is 30.0. The number of rotatable bonds is 7. The Kier molecular flexibility index (Phi) is 14.0. The summed E-state index contributed by atoms with van der Waals surface area (Å²) in [5.41, 5.74) is -0.952. The van der Waals surface area contributed by atoms with Crippen LogP contribution in [0.15, 0.2) is 0 Å². The van der Waals surface area contributed by atoms with E-state index in [0.717, 1.165) is 12.8 Å². The fourth-order valence-corrected chi connectivity index (χ4v) is 8.75. The van der Waals surface area contributed by atoms with Gasteiger partial charge in [-0.05, 0) is 79.3 Å². The van der Waals surface area contributed by atoms with Crippen molar-refractivity contribution in [2.24, 2.45) is 41.4 Å². The molecule has 1 saturated carbocycles. The topological polar surface area (TPSA) is 153 Å². The number of methoxy groups -OCH3 is 1. The average Bonchev–Trinajstić information content (AvgIpc) is 3.91. The van der Waals surface area contributed by atoms with Crippen molar-refractivity contribution in [2.75, 3.05) is 21.2 Å². The summed E-state index contributed by atoms with van der Waals surface area (Å²) in [5, 5.41) is 33.9. The fourth-order valence-electron chi connectivity index (χ4n) is 8.75. The number of carbonyl (C=O) groups excluding carboxylic acids is 2. The molecular formula is C38H67NO11. The zero-order chi connectivity index (χ0) is 37.4. The number of hydrogen-bond donors (Lipinski definition) is 3. The van der Waals surface area contributed by atoms with Crippen molar-refractivity contribution in [1.82, 2.24) is 4.90 Å². The molecule has 3 saturated heterocycles. The quantitative estimate of drug-likeness (QED) is 0.331. The highest BCUT2D eigenvalue weighted by Gasteiger charge is 2.50. The minimum absolute atomic E-state index is 0.0565. The number of nitrogens with zero attached hydrogens (tertiary/aromatic N) is 1. The lowest BCUT2D eigenvalue weighted by atomic mass is 9.76. The molecule has 0 aromatic rings. The molecular weight excluding hydrogens is 646 g/mol. The summed E-state index contributed by atoms with van der Waals surface area (Å²) in [7, 11) is 5.38. The molecule has 50 heavy (non-hydrogen) atoms. The summed E-state index contributed by atoms with van der Waals surface area (Å²) in [6.45, 7) is 16.8. The molecule has 12 nitrogen and oxygen atoms in total. The first-order chi connectivity index (χ1) is 23.3. The lowest BCUT2D eigenvalue weighted by Gasteiger charge is -2.47. The SMILES string of the molecule is COC1(C)CC(O[C@H]2[C@@H](C)[C@@H](OC3OC(C)CC(N(C)C)C3O)[C@@H](C)C[C@@H](C)C(=O)[C@H](C)[C@@H](O)[C@@H](C)[C@@H](C3CC3)OC(=O)[C@@H]2C)OC(C)C1O. The van der Waals surface area contributed by atoms with Crippen LogP contribution in [0.5, 0.6) is 0 Å². The van der Waals surface area contributed by atoms with Gasteiger partial charge in [-0.2, -0.15) is 0 Å². The van der Waals surface area contributed by atoms with E-state index in [1.54, 1.807) is 27.9 Å². The molecule has 4 rings (SSSR count). The van der Waals surface area contributed by atoms with Gasteiger partial charge in [-0.25, -0.2) is 0 Å². The maximum atomic E-state index is 14.2. The van der Waals surface area contributed by atoms with Gasteiger partial charge >= 0.3 is 5.97 Å². The van der Waals surface area contributed by atoms with Crippen molar-refractivity contribution in [1.29, 1.82) is 0 Å². The number of ketones is 1. The minimum Gasteiger partial charge on any atom is -0.461 e. The smallest absolute Gasteiger partial charge is 0.311 e. The van der Waals surface area contributed by atoms with Crippen LogP contribution < -0.4 is 0 Å². The summed E-state index contributed by atoms with van der Waals surface area (Å²) in [6.07, 6.45) is -4.35. The van der Waals surface area contributed by atoms with Crippen LogP contribution in [0.3, 0.4) is 0 Å². The Bertz CT molecular complexity index is 1140. The van der Waals surface area contributed by atoms with Gasteiger partial charge in [-0.3, -0.25) is 9.59 Å². The van der Waals surface area contributed by atoms with Gasteiger partial charge in [-0.1, -0.05) is 34.6 Å². The number of aliphatic hydroxyl groups is 3. The predicted octanol–water partition coefficient (Wildman–Crippen LogP) is 3.56. The molecule has 0 aromatic heterocycles. The number of likely N-dealkylation sites (N-methyl/N-ethyl adjacent to an activating group) is 1. The Morgan fingerprint density at radius 2 is 1.46 bits per heavy atom. The predicted molar refractivity (Wildman–Crippen MR) is 186 cm³/mol. The Labute approximate surface area is 299 Å². The molecule has 12 heteroatoms. The number of Topliss-reactive ketones (excluding diaryl/α,β-unsaturated/α-hetero) is 1. The number of esters is 1. The van der Waals surface area contributed by atoms with Gasteiger partial charge in [0.05, 0.1) is 42.0 Å². The van der Waals surface area contributed by atoms with E-state index >= 15 is 0 Å². The molecule has 4 fully saturated rings. The molecule has 3 heterocycles. The van der Waals surface area contributed by atoms with Crippen molar-refractivity contribution in [3.63, 3.8) is 0 Å². The largest absolute Gasteiger partial charge is 0.461 e. The summed E-state index contributed by atoms with van der Waals surface area (Å²) < 4.78 is 38.0. The molecule has 290 valence electrons. The first-order valence-electron chi connectivity index (χ1n) is 18.9.